The molecule has 1 aliphatic heterocycles. The molecule has 1 saturated heterocycles. The summed E-state index contributed by atoms with van der Waals surface area (Å²) in [6.07, 6.45) is 4.22. The van der Waals surface area contributed by atoms with Crippen LogP contribution in [0.15, 0.2) is 60.7 Å². The van der Waals surface area contributed by atoms with Gasteiger partial charge in [-0.15, -0.1) is 0 Å². The number of carbonyl (C=O) groups is 1. The maximum Gasteiger partial charge on any atom is 0.250 e. The number of para-hydroxylation sites is 1. The summed E-state index contributed by atoms with van der Waals surface area (Å²) in [4.78, 5) is 14.5. The van der Waals surface area contributed by atoms with Gasteiger partial charge in [-0.05, 0) is 42.3 Å². The highest BCUT2D eigenvalue weighted by Gasteiger charge is 2.22. The Bertz CT molecular complexity index is 691. The van der Waals surface area contributed by atoms with Crippen molar-refractivity contribution in [3.63, 3.8) is 0 Å². The summed E-state index contributed by atoms with van der Waals surface area (Å²) in [5.74, 6) is -0.0172. The van der Waals surface area contributed by atoms with Crippen LogP contribution in [0.1, 0.15) is 12.0 Å². The van der Waals surface area contributed by atoms with Gasteiger partial charge in [-0.1, -0.05) is 30.3 Å². The van der Waals surface area contributed by atoms with Crippen LogP contribution < -0.4 is 4.90 Å². The highest BCUT2D eigenvalue weighted by Crippen LogP contribution is 2.20. The maximum atomic E-state index is 13.0. The van der Waals surface area contributed by atoms with Gasteiger partial charge in [0.2, 0.25) is 0 Å². The van der Waals surface area contributed by atoms with Crippen molar-refractivity contribution < 1.29 is 13.9 Å². The molecule has 1 heterocycles. The lowest BCUT2D eigenvalue weighted by atomic mass is 10.1. The smallest absolute Gasteiger partial charge is 0.250 e. The zero-order valence-corrected chi connectivity index (χ0v) is 13.4. The molecule has 0 saturated carbocycles. The predicted octanol–water partition coefficient (Wildman–Crippen LogP) is 3.91. The summed E-state index contributed by atoms with van der Waals surface area (Å²) in [7, 11) is 0. The van der Waals surface area contributed by atoms with Gasteiger partial charge >= 0.3 is 0 Å². The van der Waals surface area contributed by atoms with Crippen molar-refractivity contribution in [1.82, 2.24) is 0 Å². The van der Waals surface area contributed by atoms with Gasteiger partial charge in [-0.25, -0.2) is 4.39 Å². The van der Waals surface area contributed by atoms with Crippen LogP contribution >= 0.6 is 0 Å². The van der Waals surface area contributed by atoms with Crippen molar-refractivity contribution in [3.05, 3.63) is 72.1 Å². The first-order valence-corrected chi connectivity index (χ1v) is 8.10. The second-order valence-corrected chi connectivity index (χ2v) is 5.90. The van der Waals surface area contributed by atoms with Gasteiger partial charge in [0.05, 0.1) is 6.61 Å². The Morgan fingerprint density at radius 3 is 2.58 bits per heavy atom. The fraction of sp³-hybridized carbons (Fsp3) is 0.250. The van der Waals surface area contributed by atoms with Crippen LogP contribution in [0.3, 0.4) is 0 Å². The average Bonchev–Trinajstić information content (AvgIpc) is 3.13. The Kier molecular flexibility index (Phi) is 5.39. The zero-order chi connectivity index (χ0) is 16.8. The summed E-state index contributed by atoms with van der Waals surface area (Å²) in [5.41, 5.74) is 1.67. The van der Waals surface area contributed by atoms with Crippen molar-refractivity contribution in [3.8, 4) is 0 Å². The molecule has 1 amide bonds. The Morgan fingerprint density at radius 2 is 1.92 bits per heavy atom. The number of nitrogens with zero attached hydrogens (tertiary/aromatic N) is 1. The van der Waals surface area contributed by atoms with Gasteiger partial charge in [0.25, 0.3) is 5.91 Å². The Morgan fingerprint density at radius 1 is 1.17 bits per heavy atom. The normalized spacial score (nSPS) is 17.3. The molecule has 2 aromatic carbocycles. The van der Waals surface area contributed by atoms with Crippen LogP contribution in [0, 0.1) is 11.7 Å². The van der Waals surface area contributed by atoms with Crippen LogP contribution in [0.2, 0.25) is 0 Å². The molecule has 0 spiro atoms. The number of rotatable bonds is 5. The number of hydrogen-bond acceptors (Lipinski definition) is 2. The minimum Gasteiger partial charge on any atom is -0.381 e. The van der Waals surface area contributed by atoms with Crippen LogP contribution in [0.5, 0.6) is 0 Å². The molecule has 0 N–H and O–H groups in total. The SMILES string of the molecule is O=C(/C=C\c1ccc(F)cc1)N(C[C@H]1CCOC1)c1ccccc1. The Labute approximate surface area is 141 Å². The molecule has 0 bridgehead atoms. The third-order valence-corrected chi connectivity index (χ3v) is 4.09. The van der Waals surface area contributed by atoms with E-state index < -0.39 is 0 Å². The minimum absolute atomic E-state index is 0.0857. The Hall–Kier alpha value is -2.46. The second-order valence-electron chi connectivity index (χ2n) is 5.90. The second kappa shape index (κ2) is 7.88. The first kappa shape index (κ1) is 16.4. The fourth-order valence-electron chi connectivity index (χ4n) is 2.75. The molecule has 0 radical (unpaired) electrons. The van der Waals surface area contributed by atoms with Crippen LogP contribution in [0.25, 0.3) is 6.08 Å². The van der Waals surface area contributed by atoms with Gasteiger partial charge in [0.15, 0.2) is 0 Å². The van der Waals surface area contributed by atoms with E-state index in [1.165, 1.54) is 18.2 Å². The van der Waals surface area contributed by atoms with Gasteiger partial charge < -0.3 is 9.64 Å². The van der Waals surface area contributed by atoms with E-state index in [9.17, 15) is 9.18 Å². The molecule has 0 aliphatic carbocycles. The largest absolute Gasteiger partial charge is 0.381 e. The summed E-state index contributed by atoms with van der Waals surface area (Å²) < 4.78 is 18.4. The molecular formula is C20H20FNO2. The molecule has 0 aromatic heterocycles. The summed E-state index contributed by atoms with van der Waals surface area (Å²) in [5, 5.41) is 0. The lowest BCUT2D eigenvalue weighted by molar-refractivity contribution is -0.114. The quantitative estimate of drug-likeness (QED) is 0.780. The molecule has 0 unspecified atom stereocenters. The zero-order valence-electron chi connectivity index (χ0n) is 13.4. The van der Waals surface area contributed by atoms with Gasteiger partial charge in [0.1, 0.15) is 5.82 Å². The number of amides is 1. The lowest BCUT2D eigenvalue weighted by Gasteiger charge is -2.24. The number of ether oxygens (including phenoxy) is 1. The first-order valence-electron chi connectivity index (χ1n) is 8.10. The number of carbonyl (C=O) groups excluding carboxylic acids is 1. The molecular weight excluding hydrogens is 305 g/mol. The van der Waals surface area contributed by atoms with E-state index in [4.69, 9.17) is 4.74 Å². The first-order chi connectivity index (χ1) is 11.7. The third kappa shape index (κ3) is 4.30. The molecule has 1 atom stereocenters. The number of halogens is 1. The van der Waals surface area contributed by atoms with E-state index >= 15 is 0 Å². The van der Waals surface area contributed by atoms with Crippen molar-refractivity contribution in [2.45, 2.75) is 6.42 Å². The van der Waals surface area contributed by atoms with Crippen molar-refractivity contribution in [2.75, 3.05) is 24.7 Å². The van der Waals surface area contributed by atoms with Crippen molar-refractivity contribution in [1.29, 1.82) is 0 Å². The minimum atomic E-state index is -0.286. The number of hydrogen-bond donors (Lipinski definition) is 0. The maximum absolute atomic E-state index is 13.0. The molecule has 3 nitrogen and oxygen atoms in total. The standard InChI is InChI=1S/C20H20FNO2/c21-18-9-6-16(7-10-18)8-11-20(23)22(14-17-12-13-24-15-17)19-4-2-1-3-5-19/h1-11,17H,12-15H2/b11-8-/t17-/m1/s1. The van der Waals surface area contributed by atoms with Gasteiger partial charge in [-0.2, -0.15) is 0 Å². The van der Waals surface area contributed by atoms with E-state index in [0.29, 0.717) is 19.1 Å². The van der Waals surface area contributed by atoms with Gasteiger partial charge in [-0.3, -0.25) is 4.79 Å². The summed E-state index contributed by atoms with van der Waals surface area (Å²) in [6.45, 7) is 2.09. The topological polar surface area (TPSA) is 29.5 Å². The van der Waals surface area contributed by atoms with Crippen molar-refractivity contribution >= 4 is 17.7 Å². The fourth-order valence-corrected chi connectivity index (χ4v) is 2.75. The van der Waals surface area contributed by atoms with Gasteiger partial charge in [0, 0.05) is 30.8 Å². The highest BCUT2D eigenvalue weighted by atomic mass is 19.1. The number of benzene rings is 2. The molecule has 4 heteroatoms. The van der Waals surface area contributed by atoms with E-state index in [-0.39, 0.29) is 11.7 Å². The average molecular weight is 325 g/mol. The predicted molar refractivity (Wildman–Crippen MR) is 93.2 cm³/mol. The molecule has 24 heavy (non-hydrogen) atoms. The number of anilines is 1. The van der Waals surface area contributed by atoms with Crippen LogP contribution in [0.4, 0.5) is 10.1 Å². The van der Waals surface area contributed by atoms with Crippen LogP contribution in [-0.2, 0) is 9.53 Å². The summed E-state index contributed by atoms with van der Waals surface area (Å²) in [6, 6.07) is 15.7. The monoisotopic (exact) mass is 325 g/mol. The van der Waals surface area contributed by atoms with E-state index in [1.54, 1.807) is 23.1 Å². The summed E-state index contributed by atoms with van der Waals surface area (Å²) >= 11 is 0. The lowest BCUT2D eigenvalue weighted by Crippen LogP contribution is -2.34. The van der Waals surface area contributed by atoms with E-state index in [1.807, 2.05) is 30.3 Å². The highest BCUT2D eigenvalue weighted by molar-refractivity contribution is 6.03. The molecule has 2 aromatic rings. The van der Waals surface area contributed by atoms with E-state index in [0.717, 1.165) is 24.3 Å². The van der Waals surface area contributed by atoms with Crippen LogP contribution in [-0.4, -0.2) is 25.7 Å². The molecule has 1 fully saturated rings. The van der Waals surface area contributed by atoms with E-state index in [2.05, 4.69) is 0 Å². The Balaban J connectivity index is 1.76. The molecule has 3 rings (SSSR count). The molecule has 1 aliphatic rings. The van der Waals surface area contributed by atoms with Crippen molar-refractivity contribution in [2.24, 2.45) is 5.92 Å². The molecule has 124 valence electrons. The third-order valence-electron chi connectivity index (χ3n) is 4.09.